The van der Waals surface area contributed by atoms with Crippen LogP contribution >= 0.6 is 0 Å². The second-order valence-corrected chi connectivity index (χ2v) is 9.40. The monoisotopic (exact) mass is 498 g/mol. The number of hydrogen-bond acceptors (Lipinski definition) is 5. The van der Waals surface area contributed by atoms with Crippen molar-refractivity contribution in [3.63, 3.8) is 0 Å². The van der Waals surface area contributed by atoms with Crippen LogP contribution in [0.1, 0.15) is 35.3 Å². The second-order valence-electron chi connectivity index (χ2n) is 7.72. The summed E-state index contributed by atoms with van der Waals surface area (Å²) >= 11 is 0. The predicted octanol–water partition coefficient (Wildman–Crippen LogP) is 4.39. The van der Waals surface area contributed by atoms with Gasteiger partial charge in [-0.3, -0.25) is 14.3 Å². The molecule has 3 N–H and O–H groups in total. The number of H-pyrrole nitrogens is 1. The molecule has 11 heteroatoms. The number of carbonyl (C=O) groups excluding carboxylic acids is 2. The Morgan fingerprint density at radius 1 is 1.09 bits per heavy atom. The molecule has 2 aromatic heterocycles. The zero-order valence-electron chi connectivity index (χ0n) is 18.6. The van der Waals surface area contributed by atoms with E-state index in [-0.39, 0.29) is 16.4 Å². The number of benzene rings is 2. The number of halogens is 2. The van der Waals surface area contributed by atoms with Gasteiger partial charge in [0.25, 0.3) is 10.0 Å². The lowest BCUT2D eigenvalue weighted by atomic mass is 10.0. The van der Waals surface area contributed by atoms with Crippen LogP contribution in [0, 0.1) is 11.6 Å². The number of pyridine rings is 1. The fourth-order valence-corrected chi connectivity index (χ4v) is 4.59. The van der Waals surface area contributed by atoms with E-state index in [0.29, 0.717) is 23.1 Å². The van der Waals surface area contributed by atoms with E-state index in [1.54, 1.807) is 12.3 Å². The van der Waals surface area contributed by atoms with E-state index in [0.717, 1.165) is 17.7 Å². The van der Waals surface area contributed by atoms with Gasteiger partial charge in [0.05, 0.1) is 16.1 Å². The lowest BCUT2D eigenvalue weighted by Crippen LogP contribution is -2.16. The summed E-state index contributed by atoms with van der Waals surface area (Å²) in [6, 6.07) is 8.58. The van der Waals surface area contributed by atoms with Gasteiger partial charge in [0.1, 0.15) is 11.5 Å². The van der Waals surface area contributed by atoms with Crippen molar-refractivity contribution in [1.29, 1.82) is 0 Å². The minimum atomic E-state index is -4.29. The van der Waals surface area contributed by atoms with Crippen LogP contribution in [-0.2, 0) is 21.2 Å². The Morgan fingerprint density at radius 3 is 2.46 bits per heavy atom. The molecule has 0 spiro atoms. The Kier molecular flexibility index (Phi) is 6.35. The molecule has 0 unspecified atom stereocenters. The molecule has 1 amide bonds. The molecule has 0 bridgehead atoms. The zero-order valence-corrected chi connectivity index (χ0v) is 19.5. The molecule has 0 atom stereocenters. The number of fused-ring (bicyclic) bond motifs is 1. The first kappa shape index (κ1) is 24.0. The molecular formula is C24H20F2N4O4S. The topological polar surface area (TPSA) is 121 Å². The number of aryl methyl sites for hydroxylation is 1. The van der Waals surface area contributed by atoms with Crippen molar-refractivity contribution >= 4 is 44.1 Å². The van der Waals surface area contributed by atoms with Crippen LogP contribution in [0.4, 0.5) is 20.2 Å². The van der Waals surface area contributed by atoms with E-state index >= 15 is 4.39 Å². The lowest BCUT2D eigenvalue weighted by molar-refractivity contribution is -0.114. The summed E-state index contributed by atoms with van der Waals surface area (Å²) in [4.78, 5) is 31.1. The van der Waals surface area contributed by atoms with E-state index in [1.165, 1.54) is 37.4 Å². The van der Waals surface area contributed by atoms with Gasteiger partial charge in [-0.25, -0.2) is 22.2 Å². The fourth-order valence-electron chi connectivity index (χ4n) is 3.53. The molecule has 0 radical (unpaired) electrons. The number of sulfonamides is 1. The number of carbonyl (C=O) groups is 2. The van der Waals surface area contributed by atoms with Crippen molar-refractivity contribution in [2.75, 3.05) is 10.0 Å². The Hall–Kier alpha value is -4.12. The molecule has 0 saturated heterocycles. The molecule has 0 saturated carbocycles. The molecule has 0 fully saturated rings. The van der Waals surface area contributed by atoms with E-state index in [2.05, 4.69) is 20.0 Å². The third-order valence-electron chi connectivity index (χ3n) is 5.29. The lowest BCUT2D eigenvalue weighted by Gasteiger charge is -2.12. The van der Waals surface area contributed by atoms with Crippen LogP contribution in [0.2, 0.25) is 0 Å². The summed E-state index contributed by atoms with van der Waals surface area (Å²) < 4.78 is 57.5. The summed E-state index contributed by atoms with van der Waals surface area (Å²) in [5, 5.41) is 2.90. The summed E-state index contributed by atoms with van der Waals surface area (Å²) in [5.74, 6) is -3.77. The summed E-state index contributed by atoms with van der Waals surface area (Å²) in [6.45, 7) is 3.21. The van der Waals surface area contributed by atoms with Crippen molar-refractivity contribution in [1.82, 2.24) is 9.97 Å². The number of nitrogens with zero attached hydrogens (tertiary/aromatic N) is 1. The van der Waals surface area contributed by atoms with Crippen LogP contribution in [0.25, 0.3) is 11.0 Å². The van der Waals surface area contributed by atoms with Crippen molar-refractivity contribution in [3.05, 3.63) is 83.2 Å². The Labute approximate surface area is 199 Å². The van der Waals surface area contributed by atoms with Crippen molar-refractivity contribution in [2.24, 2.45) is 0 Å². The molecule has 4 aromatic rings. The summed E-state index contributed by atoms with van der Waals surface area (Å²) in [6.07, 6.45) is 3.59. The van der Waals surface area contributed by atoms with Gasteiger partial charge < -0.3 is 10.3 Å². The average molecular weight is 499 g/mol. The zero-order chi connectivity index (χ0) is 25.3. The third-order valence-corrected chi connectivity index (χ3v) is 6.67. The quantitative estimate of drug-likeness (QED) is 0.326. The van der Waals surface area contributed by atoms with E-state index in [4.69, 9.17) is 0 Å². The first-order valence-corrected chi connectivity index (χ1v) is 12.0. The maximum atomic E-state index is 15.3. The largest absolute Gasteiger partial charge is 0.345 e. The highest BCUT2D eigenvalue weighted by Crippen LogP contribution is 2.28. The number of ketones is 1. The number of hydrogen-bond donors (Lipinski definition) is 3. The van der Waals surface area contributed by atoms with E-state index < -0.39 is 38.7 Å². The number of rotatable bonds is 7. The molecule has 4 rings (SSSR count). The standard InChI is InChI=1S/C24H20F2N4O4S/c1-3-14-10-17-18(12-28-24(17)27-11-14)23(32)21-19(25)8-9-20(22(21)26)30-35(33,34)16-6-4-15(5-7-16)29-13(2)31/h4-12,30H,3H2,1-2H3,(H,27,28)(H,29,31). The predicted molar refractivity (Wildman–Crippen MR) is 127 cm³/mol. The maximum absolute atomic E-state index is 15.3. The average Bonchev–Trinajstić information content (AvgIpc) is 3.24. The van der Waals surface area contributed by atoms with E-state index in [1.807, 2.05) is 6.92 Å². The molecule has 2 heterocycles. The Bertz CT molecular complexity index is 1560. The number of amides is 1. The molecule has 180 valence electrons. The molecular weight excluding hydrogens is 478 g/mol. The van der Waals surface area contributed by atoms with Gasteiger partial charge in [-0.2, -0.15) is 0 Å². The molecule has 0 aliphatic rings. The van der Waals surface area contributed by atoms with Gasteiger partial charge in [-0.05, 0) is 54.4 Å². The van der Waals surface area contributed by atoms with Gasteiger partial charge >= 0.3 is 0 Å². The van der Waals surface area contributed by atoms with Crippen molar-refractivity contribution < 1.29 is 26.8 Å². The summed E-state index contributed by atoms with van der Waals surface area (Å²) in [5.41, 5.74) is 0.108. The molecule has 35 heavy (non-hydrogen) atoms. The smallest absolute Gasteiger partial charge is 0.261 e. The van der Waals surface area contributed by atoms with E-state index in [9.17, 15) is 22.4 Å². The minimum Gasteiger partial charge on any atom is -0.345 e. The molecule has 0 aliphatic carbocycles. The van der Waals surface area contributed by atoms with Crippen LogP contribution < -0.4 is 10.0 Å². The Morgan fingerprint density at radius 2 is 1.80 bits per heavy atom. The van der Waals surface area contributed by atoms with Crippen molar-refractivity contribution in [2.45, 2.75) is 25.2 Å². The highest BCUT2D eigenvalue weighted by molar-refractivity contribution is 7.92. The second kappa shape index (κ2) is 9.26. The number of nitrogens with one attached hydrogen (secondary N) is 3. The van der Waals surface area contributed by atoms with Crippen LogP contribution in [0.15, 0.2) is 59.8 Å². The fraction of sp³-hybridized carbons (Fsp3) is 0.125. The Balaban J connectivity index is 1.69. The van der Waals surface area contributed by atoms with Gasteiger partial charge in [0.15, 0.2) is 5.82 Å². The van der Waals surface area contributed by atoms with Gasteiger partial charge in [0, 0.05) is 36.0 Å². The molecule has 8 nitrogen and oxygen atoms in total. The van der Waals surface area contributed by atoms with Crippen LogP contribution in [-0.4, -0.2) is 30.1 Å². The molecule has 0 aliphatic heterocycles. The van der Waals surface area contributed by atoms with Crippen molar-refractivity contribution in [3.8, 4) is 0 Å². The van der Waals surface area contributed by atoms with Gasteiger partial charge in [-0.1, -0.05) is 6.92 Å². The molecule has 2 aromatic carbocycles. The number of anilines is 2. The SMILES string of the molecule is CCc1cnc2[nH]cc(C(=O)c3c(F)ccc(NS(=O)(=O)c4ccc(NC(C)=O)cc4)c3F)c2c1. The number of aromatic nitrogens is 2. The summed E-state index contributed by atoms with van der Waals surface area (Å²) in [7, 11) is -4.29. The highest BCUT2D eigenvalue weighted by atomic mass is 32.2. The maximum Gasteiger partial charge on any atom is 0.261 e. The first-order chi connectivity index (χ1) is 16.6. The normalized spacial score (nSPS) is 11.4. The number of aromatic amines is 1. The van der Waals surface area contributed by atoms with Crippen LogP contribution in [0.5, 0.6) is 0 Å². The first-order valence-electron chi connectivity index (χ1n) is 10.5. The highest BCUT2D eigenvalue weighted by Gasteiger charge is 2.26. The van der Waals surface area contributed by atoms with Gasteiger partial charge in [-0.15, -0.1) is 0 Å². The minimum absolute atomic E-state index is 0.00849. The van der Waals surface area contributed by atoms with Crippen LogP contribution in [0.3, 0.4) is 0 Å². The third kappa shape index (κ3) is 4.76. The van der Waals surface area contributed by atoms with Gasteiger partial charge in [0.2, 0.25) is 11.7 Å².